The standard InChI is InChI=1S/C19H25N3O/c1-19(2,10-11-20)15-18(23)14-17(22-13-12-21)9-8-16-6-4-3-5-7-16/h3-7,13-14H,10-12,15,20-21H2,1-2H3/b17-14?,22-13-. The summed E-state index contributed by atoms with van der Waals surface area (Å²) in [6.45, 7) is 4.93. The number of ketones is 1. The lowest BCUT2D eigenvalue weighted by Gasteiger charge is -2.21. The van der Waals surface area contributed by atoms with Crippen molar-refractivity contribution in [1.29, 1.82) is 0 Å². The van der Waals surface area contributed by atoms with Crippen LogP contribution in [0.2, 0.25) is 0 Å². The van der Waals surface area contributed by atoms with Gasteiger partial charge < -0.3 is 11.5 Å². The summed E-state index contributed by atoms with van der Waals surface area (Å²) in [6, 6.07) is 9.57. The lowest BCUT2D eigenvalue weighted by Crippen LogP contribution is -2.20. The summed E-state index contributed by atoms with van der Waals surface area (Å²) in [5.74, 6) is 5.93. The van der Waals surface area contributed by atoms with Crippen LogP contribution in [-0.4, -0.2) is 25.1 Å². The van der Waals surface area contributed by atoms with Gasteiger partial charge in [0.25, 0.3) is 0 Å². The number of benzene rings is 1. The number of hydrogen-bond acceptors (Lipinski definition) is 4. The largest absolute Gasteiger partial charge is 0.330 e. The van der Waals surface area contributed by atoms with Crippen molar-refractivity contribution in [3.63, 3.8) is 0 Å². The normalized spacial score (nSPS) is 12.1. The molecule has 0 aliphatic rings. The number of nitrogens with zero attached hydrogens (tertiary/aromatic N) is 1. The van der Waals surface area contributed by atoms with Crippen LogP contribution in [0.25, 0.3) is 0 Å². The number of allylic oxidation sites excluding steroid dienone is 2. The molecule has 0 aliphatic heterocycles. The Labute approximate surface area is 138 Å². The monoisotopic (exact) mass is 311 g/mol. The van der Waals surface area contributed by atoms with Crippen LogP contribution in [-0.2, 0) is 4.79 Å². The van der Waals surface area contributed by atoms with Crippen LogP contribution in [0.5, 0.6) is 0 Å². The van der Waals surface area contributed by atoms with E-state index in [1.807, 2.05) is 44.2 Å². The maximum absolute atomic E-state index is 12.2. The molecule has 1 aromatic carbocycles. The minimum atomic E-state index is -0.127. The zero-order valence-electron chi connectivity index (χ0n) is 13.9. The Morgan fingerprint density at radius 1 is 1.26 bits per heavy atom. The van der Waals surface area contributed by atoms with Crippen molar-refractivity contribution >= 4 is 12.0 Å². The molecule has 0 aliphatic carbocycles. The number of nitrogens with two attached hydrogens (primary N) is 2. The second kappa shape index (κ2) is 9.73. The highest BCUT2D eigenvalue weighted by atomic mass is 16.1. The van der Waals surface area contributed by atoms with Crippen LogP contribution < -0.4 is 11.5 Å². The highest BCUT2D eigenvalue weighted by Gasteiger charge is 2.20. The molecule has 0 spiro atoms. The molecule has 0 fully saturated rings. The van der Waals surface area contributed by atoms with Gasteiger partial charge in [0.1, 0.15) is 5.70 Å². The Bertz CT molecular complexity index is 619. The molecule has 1 aromatic rings. The maximum atomic E-state index is 12.2. The van der Waals surface area contributed by atoms with E-state index >= 15 is 0 Å². The van der Waals surface area contributed by atoms with Gasteiger partial charge in [0, 0.05) is 30.8 Å². The molecule has 4 nitrogen and oxygen atoms in total. The fourth-order valence-corrected chi connectivity index (χ4v) is 2.07. The highest BCUT2D eigenvalue weighted by Crippen LogP contribution is 2.24. The molecule has 4 N–H and O–H groups in total. The predicted molar refractivity (Wildman–Crippen MR) is 96.0 cm³/mol. The number of carbonyl (C=O) groups is 1. The Morgan fingerprint density at radius 3 is 2.57 bits per heavy atom. The summed E-state index contributed by atoms with van der Waals surface area (Å²) >= 11 is 0. The summed E-state index contributed by atoms with van der Waals surface area (Å²) in [5, 5.41) is 0. The van der Waals surface area contributed by atoms with E-state index in [1.165, 1.54) is 6.08 Å². The molecule has 4 heteroatoms. The molecule has 0 heterocycles. The molecule has 0 bridgehead atoms. The van der Waals surface area contributed by atoms with E-state index in [0.717, 1.165) is 12.0 Å². The van der Waals surface area contributed by atoms with Gasteiger partial charge in [0.2, 0.25) is 0 Å². The third-order valence-corrected chi connectivity index (χ3v) is 3.22. The lowest BCUT2D eigenvalue weighted by molar-refractivity contribution is -0.116. The summed E-state index contributed by atoms with van der Waals surface area (Å²) < 4.78 is 0. The van der Waals surface area contributed by atoms with Crippen molar-refractivity contribution < 1.29 is 4.79 Å². The third-order valence-electron chi connectivity index (χ3n) is 3.22. The molecule has 0 saturated carbocycles. The van der Waals surface area contributed by atoms with Gasteiger partial charge >= 0.3 is 0 Å². The summed E-state index contributed by atoms with van der Waals surface area (Å²) in [6.07, 6.45) is 4.24. The highest BCUT2D eigenvalue weighted by molar-refractivity contribution is 5.91. The molecule has 0 aromatic heterocycles. The van der Waals surface area contributed by atoms with Crippen LogP contribution >= 0.6 is 0 Å². The first-order chi connectivity index (χ1) is 11.0. The Hall–Kier alpha value is -2.22. The van der Waals surface area contributed by atoms with Crippen molar-refractivity contribution in [1.82, 2.24) is 0 Å². The van der Waals surface area contributed by atoms with Crippen molar-refractivity contribution in [3.8, 4) is 11.8 Å². The van der Waals surface area contributed by atoms with Crippen LogP contribution in [0.15, 0.2) is 47.1 Å². The van der Waals surface area contributed by atoms with Gasteiger partial charge in [-0.2, -0.15) is 0 Å². The van der Waals surface area contributed by atoms with Gasteiger partial charge in [0.05, 0.1) is 0 Å². The van der Waals surface area contributed by atoms with Crippen LogP contribution in [0.4, 0.5) is 0 Å². The van der Waals surface area contributed by atoms with Crippen molar-refractivity contribution in [2.45, 2.75) is 26.7 Å². The number of rotatable bonds is 7. The maximum Gasteiger partial charge on any atom is 0.159 e. The molecule has 0 unspecified atom stereocenters. The molecule has 1 rings (SSSR count). The first-order valence-corrected chi connectivity index (χ1v) is 7.71. The molecule has 23 heavy (non-hydrogen) atoms. The molecule has 122 valence electrons. The van der Waals surface area contributed by atoms with Gasteiger partial charge in [0.15, 0.2) is 5.78 Å². The van der Waals surface area contributed by atoms with Gasteiger partial charge in [-0.3, -0.25) is 9.79 Å². The zero-order valence-corrected chi connectivity index (χ0v) is 13.9. The third kappa shape index (κ3) is 8.10. The summed E-state index contributed by atoms with van der Waals surface area (Å²) in [5.41, 5.74) is 12.2. The predicted octanol–water partition coefficient (Wildman–Crippen LogP) is 2.29. The second-order valence-corrected chi connectivity index (χ2v) is 6.04. The quantitative estimate of drug-likeness (QED) is 0.460. The molecule has 0 radical (unpaired) electrons. The van der Waals surface area contributed by atoms with Crippen molar-refractivity contribution in [3.05, 3.63) is 47.7 Å². The number of hydrogen-bond donors (Lipinski definition) is 2. The number of carbonyl (C=O) groups excluding carboxylic acids is 1. The average molecular weight is 311 g/mol. The molecular formula is C19H25N3O. The van der Waals surface area contributed by atoms with Crippen LogP contribution in [0.1, 0.15) is 32.3 Å². The fourth-order valence-electron chi connectivity index (χ4n) is 2.07. The summed E-state index contributed by atoms with van der Waals surface area (Å²) in [4.78, 5) is 16.4. The van der Waals surface area contributed by atoms with Gasteiger partial charge in [-0.15, -0.1) is 0 Å². The Morgan fingerprint density at radius 2 is 1.96 bits per heavy atom. The van der Waals surface area contributed by atoms with Gasteiger partial charge in [-0.25, -0.2) is 0 Å². The lowest BCUT2D eigenvalue weighted by atomic mass is 9.84. The average Bonchev–Trinajstić information content (AvgIpc) is 2.50. The van der Waals surface area contributed by atoms with E-state index in [2.05, 4.69) is 16.8 Å². The van der Waals surface area contributed by atoms with Crippen molar-refractivity contribution in [2.24, 2.45) is 21.9 Å². The first kappa shape index (κ1) is 18.8. The summed E-state index contributed by atoms with van der Waals surface area (Å²) in [7, 11) is 0. The van der Waals surface area contributed by atoms with Gasteiger partial charge in [-0.1, -0.05) is 38.0 Å². The molecule has 0 amide bonds. The van der Waals surface area contributed by atoms with Crippen molar-refractivity contribution in [2.75, 3.05) is 13.1 Å². The molecule has 0 atom stereocenters. The second-order valence-electron chi connectivity index (χ2n) is 6.04. The molecule has 0 saturated heterocycles. The fraction of sp³-hybridized carbons (Fsp3) is 0.368. The van der Waals surface area contributed by atoms with E-state index in [1.54, 1.807) is 6.21 Å². The van der Waals surface area contributed by atoms with E-state index < -0.39 is 0 Å². The van der Waals surface area contributed by atoms with E-state index in [0.29, 0.717) is 25.2 Å². The van der Waals surface area contributed by atoms with Crippen LogP contribution in [0, 0.1) is 17.3 Å². The number of aliphatic imine (C=N–C) groups is 1. The Kier molecular flexibility index (Phi) is 7.96. The molecular weight excluding hydrogens is 286 g/mol. The van der Waals surface area contributed by atoms with E-state index in [4.69, 9.17) is 11.5 Å². The minimum absolute atomic E-state index is 0.00465. The van der Waals surface area contributed by atoms with E-state index in [-0.39, 0.29) is 11.2 Å². The van der Waals surface area contributed by atoms with Crippen LogP contribution in [0.3, 0.4) is 0 Å². The smallest absolute Gasteiger partial charge is 0.159 e. The zero-order chi connectivity index (χ0) is 17.1. The first-order valence-electron chi connectivity index (χ1n) is 7.71. The minimum Gasteiger partial charge on any atom is -0.330 e. The van der Waals surface area contributed by atoms with Gasteiger partial charge in [-0.05, 0) is 36.4 Å². The SMILES string of the molecule is CC(C)(CCN)CC(=O)C=C(C#Cc1ccccc1)/N=C\CN. The topological polar surface area (TPSA) is 81.5 Å². The Balaban J connectivity index is 2.91. The van der Waals surface area contributed by atoms with E-state index in [9.17, 15) is 4.79 Å².